The van der Waals surface area contributed by atoms with Crippen LogP contribution in [0.15, 0.2) is 30.3 Å². The van der Waals surface area contributed by atoms with Crippen LogP contribution in [0, 0.1) is 11.2 Å². The van der Waals surface area contributed by atoms with Gasteiger partial charge >= 0.3 is 0 Å². The standard InChI is InChI=1S/C6H7N.CH2BN/c7-6-4-2-1-3-5-6;2-1-3/h1-5H,7H2;2H2. The van der Waals surface area contributed by atoms with Crippen molar-refractivity contribution in [3.63, 3.8) is 0 Å². The van der Waals surface area contributed by atoms with Crippen LogP contribution in [0.5, 0.6) is 0 Å². The predicted octanol–water partition coefficient (Wildman–Crippen LogP) is 0.369. The van der Waals surface area contributed by atoms with Gasteiger partial charge in [-0.3, -0.25) is 0 Å². The van der Waals surface area contributed by atoms with Crippen LogP contribution < -0.4 is 5.73 Å². The van der Waals surface area contributed by atoms with Crippen LogP contribution in [0.2, 0.25) is 0 Å². The number of nitriles is 1. The Bertz CT molecular complexity index is 203. The van der Waals surface area contributed by atoms with Gasteiger partial charge in [0.25, 0.3) is 0 Å². The topological polar surface area (TPSA) is 49.8 Å². The number of hydrogen-bond acceptors (Lipinski definition) is 2. The molecule has 2 N–H and O–H groups in total. The maximum atomic E-state index is 7.32. The highest BCUT2D eigenvalue weighted by atomic mass is 14.5. The van der Waals surface area contributed by atoms with Gasteiger partial charge in [0, 0.05) is 5.69 Å². The fraction of sp³-hybridized carbons (Fsp3) is 0. The summed E-state index contributed by atoms with van der Waals surface area (Å²) in [5, 5.41) is 7.32. The second-order valence-electron chi connectivity index (χ2n) is 1.63. The second-order valence-corrected chi connectivity index (χ2v) is 1.63. The van der Waals surface area contributed by atoms with Crippen molar-refractivity contribution in [1.29, 1.82) is 5.26 Å². The normalized spacial score (nSPS) is 6.70. The molecule has 50 valence electrons. The van der Waals surface area contributed by atoms with E-state index in [9.17, 15) is 0 Å². The minimum Gasteiger partial charge on any atom is -0.399 e. The molecule has 3 heteroatoms. The summed E-state index contributed by atoms with van der Waals surface area (Å²) >= 11 is 0. The Hall–Kier alpha value is -1.43. The Balaban J connectivity index is 0.000000236. The third kappa shape index (κ3) is 4.73. The molecule has 0 saturated heterocycles. The van der Waals surface area contributed by atoms with Crippen LogP contribution in [0.25, 0.3) is 0 Å². The molecule has 0 fully saturated rings. The van der Waals surface area contributed by atoms with Gasteiger partial charge in [0.05, 0.1) is 0 Å². The first kappa shape index (κ1) is 8.57. The molecule has 1 aromatic rings. The average molecular weight is 132 g/mol. The first-order chi connectivity index (χ1) is 4.81. The number of anilines is 1. The number of benzene rings is 1. The minimum atomic E-state index is 0.822. The molecule has 0 amide bonds. The molecule has 0 atom stereocenters. The molecule has 0 aliphatic heterocycles. The molecule has 0 unspecified atom stereocenters. The number of nitrogen functional groups attached to an aromatic ring is 1. The van der Waals surface area contributed by atoms with Gasteiger partial charge < -0.3 is 5.73 Å². The Morgan fingerprint density at radius 1 is 1.30 bits per heavy atom. The van der Waals surface area contributed by atoms with Crippen molar-refractivity contribution < 1.29 is 0 Å². The highest BCUT2D eigenvalue weighted by molar-refractivity contribution is 6.20. The number of nitrogens with zero attached hydrogens (tertiary/aromatic N) is 1. The number of para-hydroxylation sites is 1. The molecule has 1 rings (SSSR count). The largest absolute Gasteiger partial charge is 0.399 e. The molecule has 0 aliphatic carbocycles. The van der Waals surface area contributed by atoms with E-state index in [1.54, 1.807) is 5.97 Å². The third-order valence-electron chi connectivity index (χ3n) is 0.800. The molecule has 1 aromatic carbocycles. The first-order valence-corrected chi connectivity index (χ1v) is 2.92. The van der Waals surface area contributed by atoms with Gasteiger partial charge in [0.2, 0.25) is 7.85 Å². The smallest absolute Gasteiger partial charge is 0.232 e. The van der Waals surface area contributed by atoms with Crippen molar-refractivity contribution in [3.8, 4) is 5.97 Å². The van der Waals surface area contributed by atoms with Gasteiger partial charge in [-0.2, -0.15) is 0 Å². The first-order valence-electron chi connectivity index (χ1n) is 2.92. The summed E-state index contributed by atoms with van der Waals surface area (Å²) in [5.41, 5.74) is 6.18. The van der Waals surface area contributed by atoms with E-state index in [0.29, 0.717) is 0 Å². The average Bonchev–Trinajstić information content (AvgIpc) is 1.91. The molecule has 0 bridgehead atoms. The molecular weight excluding hydrogens is 123 g/mol. The lowest BCUT2D eigenvalue weighted by Gasteiger charge is -1.83. The van der Waals surface area contributed by atoms with Crippen molar-refractivity contribution in [2.75, 3.05) is 5.73 Å². The Labute approximate surface area is 61.7 Å². The Morgan fingerprint density at radius 3 is 1.90 bits per heavy atom. The zero-order valence-electron chi connectivity index (χ0n) is 5.91. The molecule has 2 nitrogen and oxygen atoms in total. The number of nitrogens with two attached hydrogens (primary N) is 1. The van der Waals surface area contributed by atoms with Crippen LogP contribution in [-0.2, 0) is 0 Å². The quantitative estimate of drug-likeness (QED) is 0.409. The van der Waals surface area contributed by atoms with Crippen molar-refractivity contribution in [3.05, 3.63) is 30.3 Å². The highest BCUT2D eigenvalue weighted by Crippen LogP contribution is 1.95. The van der Waals surface area contributed by atoms with Crippen molar-refractivity contribution in [1.82, 2.24) is 0 Å². The summed E-state index contributed by atoms with van der Waals surface area (Å²) in [6, 6.07) is 9.49. The van der Waals surface area contributed by atoms with Gasteiger partial charge in [0.1, 0.15) is 0 Å². The van der Waals surface area contributed by atoms with Gasteiger partial charge in [-0.1, -0.05) is 18.2 Å². The van der Waals surface area contributed by atoms with E-state index in [1.807, 2.05) is 30.3 Å². The van der Waals surface area contributed by atoms with Crippen LogP contribution in [0.4, 0.5) is 5.69 Å². The van der Waals surface area contributed by atoms with Crippen molar-refractivity contribution in [2.24, 2.45) is 0 Å². The third-order valence-corrected chi connectivity index (χ3v) is 0.800. The lowest BCUT2D eigenvalue weighted by molar-refractivity contribution is 1.57. The summed E-state index contributed by atoms with van der Waals surface area (Å²) in [5.74, 6) is 1.75. The van der Waals surface area contributed by atoms with Crippen LogP contribution in [0.3, 0.4) is 0 Å². The predicted molar refractivity (Wildman–Crippen MR) is 45.0 cm³/mol. The molecule has 0 aromatic heterocycles. The van der Waals surface area contributed by atoms with Gasteiger partial charge in [-0.15, -0.1) is 0 Å². The van der Waals surface area contributed by atoms with E-state index in [0.717, 1.165) is 5.69 Å². The van der Waals surface area contributed by atoms with E-state index >= 15 is 0 Å². The molecular formula is C7H9BN2. The van der Waals surface area contributed by atoms with E-state index < -0.39 is 0 Å². The monoisotopic (exact) mass is 132 g/mol. The Morgan fingerprint density at radius 2 is 1.70 bits per heavy atom. The van der Waals surface area contributed by atoms with E-state index in [1.165, 1.54) is 7.85 Å². The summed E-state index contributed by atoms with van der Waals surface area (Å²) in [4.78, 5) is 0. The van der Waals surface area contributed by atoms with Crippen LogP contribution >= 0.6 is 0 Å². The summed E-state index contributed by atoms with van der Waals surface area (Å²) in [6.45, 7) is 0. The second kappa shape index (κ2) is 5.71. The van der Waals surface area contributed by atoms with E-state index in [-0.39, 0.29) is 0 Å². The summed E-state index contributed by atoms with van der Waals surface area (Å²) in [6.07, 6.45) is 0. The van der Waals surface area contributed by atoms with E-state index in [2.05, 4.69) is 0 Å². The van der Waals surface area contributed by atoms with Gasteiger partial charge in [0.15, 0.2) is 0 Å². The molecule has 0 heterocycles. The summed E-state index contributed by atoms with van der Waals surface area (Å²) in [7, 11) is 1.43. The lowest BCUT2D eigenvalue weighted by Crippen LogP contribution is -1.79. The minimum absolute atomic E-state index is 0.822. The molecule has 0 spiro atoms. The van der Waals surface area contributed by atoms with Crippen molar-refractivity contribution in [2.45, 2.75) is 0 Å². The Kier molecular flexibility index (Phi) is 4.89. The molecule has 0 aliphatic rings. The zero-order chi connectivity index (χ0) is 7.82. The van der Waals surface area contributed by atoms with Crippen LogP contribution in [0.1, 0.15) is 0 Å². The fourth-order valence-corrected chi connectivity index (χ4v) is 0.453. The molecule has 0 radical (unpaired) electrons. The van der Waals surface area contributed by atoms with Crippen molar-refractivity contribution >= 4 is 13.5 Å². The SMILES string of the molecule is BC#N.Nc1ccccc1. The molecule has 0 saturated carbocycles. The zero-order valence-corrected chi connectivity index (χ0v) is 5.91. The van der Waals surface area contributed by atoms with Gasteiger partial charge in [-0.05, 0) is 18.1 Å². The number of hydrogen-bond donors (Lipinski definition) is 1. The fourth-order valence-electron chi connectivity index (χ4n) is 0.453. The maximum absolute atomic E-state index is 7.32. The highest BCUT2D eigenvalue weighted by Gasteiger charge is 1.72. The maximum Gasteiger partial charge on any atom is 0.232 e. The molecule has 10 heavy (non-hydrogen) atoms. The van der Waals surface area contributed by atoms with Crippen LogP contribution in [-0.4, -0.2) is 7.85 Å². The lowest BCUT2D eigenvalue weighted by atomic mass is 10.2. The number of rotatable bonds is 0. The van der Waals surface area contributed by atoms with E-state index in [4.69, 9.17) is 11.0 Å². The summed E-state index contributed by atoms with van der Waals surface area (Å²) < 4.78 is 0. The van der Waals surface area contributed by atoms with Gasteiger partial charge in [-0.25, -0.2) is 5.26 Å².